The van der Waals surface area contributed by atoms with Gasteiger partial charge < -0.3 is 19.7 Å². The molecular weight excluding hydrogens is 494 g/mol. The Hall–Kier alpha value is -2.98. The van der Waals surface area contributed by atoms with Crippen LogP contribution in [0.1, 0.15) is 33.3 Å². The molecule has 190 valence electrons. The molecule has 3 rings (SSSR count). The Morgan fingerprint density at radius 2 is 1.80 bits per heavy atom. The van der Waals surface area contributed by atoms with Crippen LogP contribution in [0.4, 0.5) is 5.69 Å². The smallest absolute Gasteiger partial charge is 0.244 e. The van der Waals surface area contributed by atoms with E-state index in [1.807, 2.05) is 13.8 Å². The van der Waals surface area contributed by atoms with E-state index in [-0.39, 0.29) is 36.7 Å². The Balaban J connectivity index is 1.94. The fraction of sp³-hybridized carbons (Fsp3) is 0.417. The summed E-state index contributed by atoms with van der Waals surface area (Å²) < 4.78 is 37.7. The minimum atomic E-state index is -3.84. The average Bonchev–Trinajstić information content (AvgIpc) is 3.27. The molecule has 0 bridgehead atoms. The number of carbonyl (C=O) groups excluding carboxylic acids is 2. The van der Waals surface area contributed by atoms with Crippen LogP contribution >= 0.6 is 11.6 Å². The lowest BCUT2D eigenvalue weighted by atomic mass is 10.1. The number of ether oxygens (including phenoxy) is 2. The van der Waals surface area contributed by atoms with Gasteiger partial charge in [0.1, 0.15) is 12.6 Å². The number of benzene rings is 2. The third-order valence-electron chi connectivity index (χ3n) is 5.46. The fourth-order valence-electron chi connectivity index (χ4n) is 3.58. The molecular formula is C24H30ClN3O6S. The van der Waals surface area contributed by atoms with Crippen molar-refractivity contribution in [1.29, 1.82) is 0 Å². The summed E-state index contributed by atoms with van der Waals surface area (Å²) in [5, 5.41) is 3.30. The van der Waals surface area contributed by atoms with Gasteiger partial charge in [-0.1, -0.05) is 23.7 Å². The maximum Gasteiger partial charge on any atom is 0.244 e. The molecule has 1 heterocycles. The molecule has 2 aromatic carbocycles. The first-order chi connectivity index (χ1) is 16.5. The highest BCUT2D eigenvalue weighted by Gasteiger charge is 2.32. The quantitative estimate of drug-likeness (QED) is 0.513. The van der Waals surface area contributed by atoms with Crippen molar-refractivity contribution in [1.82, 2.24) is 10.2 Å². The van der Waals surface area contributed by atoms with Crippen LogP contribution in [0.3, 0.4) is 0 Å². The topological polar surface area (TPSA) is 105 Å². The number of halogens is 1. The molecule has 1 atom stereocenters. The Morgan fingerprint density at radius 1 is 1.09 bits per heavy atom. The van der Waals surface area contributed by atoms with Crippen molar-refractivity contribution in [3.8, 4) is 11.5 Å². The summed E-state index contributed by atoms with van der Waals surface area (Å²) in [5.74, 6) is -0.205. The number of sulfonamides is 1. The lowest BCUT2D eigenvalue weighted by Gasteiger charge is -2.32. The summed E-state index contributed by atoms with van der Waals surface area (Å²) in [4.78, 5) is 27.8. The van der Waals surface area contributed by atoms with Crippen molar-refractivity contribution < 1.29 is 27.5 Å². The summed E-state index contributed by atoms with van der Waals surface area (Å²) >= 11 is 6.12. The fourth-order valence-corrected chi connectivity index (χ4v) is 4.85. The molecule has 0 spiro atoms. The summed E-state index contributed by atoms with van der Waals surface area (Å²) in [6, 6.07) is 10.7. The molecule has 1 N–H and O–H groups in total. The minimum absolute atomic E-state index is 0.0358. The van der Waals surface area contributed by atoms with E-state index in [0.29, 0.717) is 22.1 Å². The van der Waals surface area contributed by atoms with Gasteiger partial charge in [0.15, 0.2) is 11.5 Å². The zero-order valence-electron chi connectivity index (χ0n) is 20.2. The SMILES string of the molecule is CCS(=O)(=O)N(CC(=O)N(Cc1cccc(Cl)c1)[C@@H](C)C(=O)NC(C)C)c1ccc2c(c1)OCO2. The number of hydrogen-bond acceptors (Lipinski definition) is 6. The summed E-state index contributed by atoms with van der Waals surface area (Å²) in [6.07, 6.45) is 0. The van der Waals surface area contributed by atoms with Crippen LogP contribution in [-0.4, -0.2) is 56.3 Å². The normalized spacial score (nSPS) is 13.4. The van der Waals surface area contributed by atoms with E-state index in [1.165, 1.54) is 17.9 Å². The predicted octanol–water partition coefficient (Wildman–Crippen LogP) is 3.17. The molecule has 2 amide bonds. The second-order valence-corrected chi connectivity index (χ2v) is 11.1. The van der Waals surface area contributed by atoms with Gasteiger partial charge in [-0.15, -0.1) is 0 Å². The van der Waals surface area contributed by atoms with Gasteiger partial charge in [-0.2, -0.15) is 0 Å². The lowest BCUT2D eigenvalue weighted by molar-refractivity contribution is -0.139. The third-order valence-corrected chi connectivity index (χ3v) is 7.44. The van der Waals surface area contributed by atoms with Crippen LogP contribution in [0, 0.1) is 0 Å². The molecule has 11 heteroatoms. The number of rotatable bonds is 10. The van der Waals surface area contributed by atoms with Gasteiger partial charge in [-0.25, -0.2) is 8.42 Å². The van der Waals surface area contributed by atoms with E-state index in [1.54, 1.807) is 43.3 Å². The van der Waals surface area contributed by atoms with Gasteiger partial charge in [0, 0.05) is 23.7 Å². The minimum Gasteiger partial charge on any atom is -0.454 e. The van der Waals surface area contributed by atoms with Crippen molar-refractivity contribution in [2.75, 3.05) is 23.4 Å². The van der Waals surface area contributed by atoms with Crippen LogP contribution in [0.5, 0.6) is 11.5 Å². The van der Waals surface area contributed by atoms with E-state index in [4.69, 9.17) is 21.1 Å². The van der Waals surface area contributed by atoms with Crippen LogP contribution in [0.15, 0.2) is 42.5 Å². The molecule has 0 fully saturated rings. The summed E-state index contributed by atoms with van der Waals surface area (Å²) in [5.41, 5.74) is 0.981. The van der Waals surface area contributed by atoms with Crippen LogP contribution in [0.2, 0.25) is 5.02 Å². The molecule has 0 saturated heterocycles. The molecule has 0 unspecified atom stereocenters. The highest BCUT2D eigenvalue weighted by atomic mass is 35.5. The number of nitrogens with one attached hydrogen (secondary N) is 1. The maximum atomic E-state index is 13.6. The standard InChI is InChI=1S/C24H30ClN3O6S/c1-5-35(31,32)28(20-9-10-21-22(12-20)34-15-33-21)14-23(29)27(17(4)24(30)26-16(2)3)13-18-7-6-8-19(25)11-18/h6-12,16-17H,5,13-15H2,1-4H3,(H,26,30)/t17-/m0/s1. The Labute approximate surface area is 211 Å². The third kappa shape index (κ3) is 6.58. The molecule has 0 aromatic heterocycles. The van der Waals surface area contributed by atoms with E-state index in [9.17, 15) is 18.0 Å². The van der Waals surface area contributed by atoms with Gasteiger partial charge in [0.25, 0.3) is 0 Å². The molecule has 0 radical (unpaired) electrons. The number of hydrogen-bond donors (Lipinski definition) is 1. The van der Waals surface area contributed by atoms with Crippen LogP contribution in [0.25, 0.3) is 0 Å². The first-order valence-corrected chi connectivity index (χ1v) is 13.2. The number of anilines is 1. The zero-order valence-corrected chi connectivity index (χ0v) is 21.7. The maximum absolute atomic E-state index is 13.6. The molecule has 1 aliphatic rings. The van der Waals surface area contributed by atoms with Crippen molar-refractivity contribution in [2.45, 2.75) is 46.3 Å². The highest BCUT2D eigenvalue weighted by molar-refractivity contribution is 7.92. The van der Waals surface area contributed by atoms with Crippen molar-refractivity contribution >= 4 is 39.1 Å². The average molecular weight is 524 g/mol. The molecule has 1 aliphatic heterocycles. The number of fused-ring (bicyclic) bond motifs is 1. The van der Waals surface area contributed by atoms with Crippen LogP contribution < -0.4 is 19.1 Å². The van der Waals surface area contributed by atoms with E-state index in [2.05, 4.69) is 5.32 Å². The molecule has 35 heavy (non-hydrogen) atoms. The molecule has 0 aliphatic carbocycles. The lowest BCUT2D eigenvalue weighted by Crippen LogP contribution is -2.52. The Morgan fingerprint density at radius 3 is 2.46 bits per heavy atom. The largest absolute Gasteiger partial charge is 0.454 e. The first kappa shape index (κ1) is 26.6. The summed E-state index contributed by atoms with van der Waals surface area (Å²) in [6.45, 7) is 6.38. The number of carbonyl (C=O) groups is 2. The Bertz CT molecular complexity index is 1190. The van der Waals surface area contributed by atoms with Gasteiger partial charge in [-0.3, -0.25) is 13.9 Å². The number of amides is 2. The van der Waals surface area contributed by atoms with Gasteiger partial charge in [0.2, 0.25) is 28.6 Å². The first-order valence-electron chi connectivity index (χ1n) is 11.3. The van der Waals surface area contributed by atoms with Crippen LogP contribution in [-0.2, 0) is 26.2 Å². The van der Waals surface area contributed by atoms with Crippen molar-refractivity contribution in [3.63, 3.8) is 0 Å². The highest BCUT2D eigenvalue weighted by Crippen LogP contribution is 2.36. The van der Waals surface area contributed by atoms with Gasteiger partial charge >= 0.3 is 0 Å². The van der Waals surface area contributed by atoms with E-state index < -0.39 is 28.5 Å². The Kier molecular flexibility index (Phi) is 8.50. The predicted molar refractivity (Wildman–Crippen MR) is 134 cm³/mol. The summed E-state index contributed by atoms with van der Waals surface area (Å²) in [7, 11) is -3.84. The molecule has 9 nitrogen and oxygen atoms in total. The van der Waals surface area contributed by atoms with Crippen molar-refractivity contribution in [2.24, 2.45) is 0 Å². The number of nitrogens with zero attached hydrogens (tertiary/aromatic N) is 2. The van der Waals surface area contributed by atoms with E-state index in [0.717, 1.165) is 4.31 Å². The zero-order chi connectivity index (χ0) is 25.8. The second kappa shape index (κ2) is 11.2. The second-order valence-electron chi connectivity index (χ2n) is 8.44. The van der Waals surface area contributed by atoms with Crippen molar-refractivity contribution in [3.05, 3.63) is 53.1 Å². The molecule has 0 saturated carbocycles. The van der Waals surface area contributed by atoms with Gasteiger partial charge in [-0.05, 0) is 57.5 Å². The molecule has 2 aromatic rings. The van der Waals surface area contributed by atoms with E-state index >= 15 is 0 Å². The van der Waals surface area contributed by atoms with Gasteiger partial charge in [0.05, 0.1) is 11.4 Å². The monoisotopic (exact) mass is 523 g/mol.